The van der Waals surface area contributed by atoms with Gasteiger partial charge in [0.2, 0.25) is 0 Å². The summed E-state index contributed by atoms with van der Waals surface area (Å²) < 4.78 is 12.4. The summed E-state index contributed by atoms with van der Waals surface area (Å²) in [6.45, 7) is 2.45. The molecule has 0 radical (unpaired) electrons. The molecule has 0 heterocycles. The largest absolute Gasteiger partial charge is 0.496 e. The Morgan fingerprint density at radius 1 is 1.17 bits per heavy atom. The van der Waals surface area contributed by atoms with Crippen LogP contribution in [0.15, 0.2) is 50.4 Å². The minimum absolute atomic E-state index is 0.364. The van der Waals surface area contributed by atoms with Gasteiger partial charge in [0.15, 0.2) is 0 Å². The molecule has 0 aliphatic heterocycles. The number of carbonyl (C=O) groups excluding carboxylic acids is 1. The van der Waals surface area contributed by atoms with E-state index >= 15 is 0 Å². The van der Waals surface area contributed by atoms with Gasteiger partial charge < -0.3 is 9.47 Å². The maximum absolute atomic E-state index is 12.3. The molecule has 0 fully saturated rings. The van der Waals surface area contributed by atoms with E-state index in [0.717, 1.165) is 14.5 Å². The molecular formula is C17H16Br2N2O3. The third-order valence-corrected chi connectivity index (χ3v) is 4.03. The summed E-state index contributed by atoms with van der Waals surface area (Å²) in [5, 5.41) is 4.01. The van der Waals surface area contributed by atoms with Crippen molar-refractivity contribution in [2.75, 3.05) is 13.7 Å². The van der Waals surface area contributed by atoms with E-state index in [1.807, 2.05) is 25.1 Å². The van der Waals surface area contributed by atoms with Crippen LogP contribution in [0.5, 0.6) is 11.5 Å². The molecule has 2 aromatic carbocycles. The lowest BCUT2D eigenvalue weighted by atomic mass is 10.2. The molecule has 0 spiro atoms. The number of benzene rings is 2. The summed E-state index contributed by atoms with van der Waals surface area (Å²) in [5.41, 5.74) is 3.65. The summed E-state index contributed by atoms with van der Waals surface area (Å²) in [4.78, 5) is 12.3. The number of methoxy groups -OCH3 is 1. The summed E-state index contributed by atoms with van der Waals surface area (Å²) in [5.74, 6) is 0.805. The highest BCUT2D eigenvalue weighted by atomic mass is 79.9. The van der Waals surface area contributed by atoms with Crippen LogP contribution in [0.1, 0.15) is 22.8 Å². The molecule has 1 amide bonds. The van der Waals surface area contributed by atoms with Crippen molar-refractivity contribution in [1.82, 2.24) is 5.43 Å². The molecule has 0 atom stereocenters. The Morgan fingerprint density at radius 2 is 1.83 bits per heavy atom. The number of nitrogens with one attached hydrogen (secondary N) is 1. The number of ether oxygens (including phenoxy) is 2. The van der Waals surface area contributed by atoms with Crippen molar-refractivity contribution in [2.45, 2.75) is 6.92 Å². The van der Waals surface area contributed by atoms with Crippen molar-refractivity contribution in [3.63, 3.8) is 0 Å². The minimum Gasteiger partial charge on any atom is -0.496 e. The Kier molecular flexibility index (Phi) is 6.81. The van der Waals surface area contributed by atoms with Crippen molar-refractivity contribution in [1.29, 1.82) is 0 Å². The van der Waals surface area contributed by atoms with Crippen LogP contribution < -0.4 is 14.9 Å². The van der Waals surface area contributed by atoms with Crippen LogP contribution in [0.4, 0.5) is 0 Å². The fourth-order valence-electron chi connectivity index (χ4n) is 1.99. The number of hydrazone groups is 1. The highest BCUT2D eigenvalue weighted by Crippen LogP contribution is 2.23. The smallest absolute Gasteiger partial charge is 0.275 e. The summed E-state index contributed by atoms with van der Waals surface area (Å²) in [6, 6.07) is 10.8. The van der Waals surface area contributed by atoms with Gasteiger partial charge in [-0.25, -0.2) is 5.43 Å². The van der Waals surface area contributed by atoms with Gasteiger partial charge in [0.05, 0.1) is 25.5 Å². The quantitative estimate of drug-likeness (QED) is 0.519. The van der Waals surface area contributed by atoms with Gasteiger partial charge in [-0.1, -0.05) is 31.9 Å². The predicted octanol–water partition coefficient (Wildman–Crippen LogP) is 4.38. The Morgan fingerprint density at radius 3 is 2.50 bits per heavy atom. The number of rotatable bonds is 6. The lowest BCUT2D eigenvalue weighted by molar-refractivity contribution is 0.0952. The molecule has 24 heavy (non-hydrogen) atoms. The van der Waals surface area contributed by atoms with Gasteiger partial charge in [-0.2, -0.15) is 5.10 Å². The number of halogens is 2. The Hall–Kier alpha value is -1.86. The molecule has 5 nitrogen and oxygen atoms in total. The van der Waals surface area contributed by atoms with Crippen molar-refractivity contribution in [2.24, 2.45) is 5.10 Å². The number of amides is 1. The minimum atomic E-state index is -0.364. The van der Waals surface area contributed by atoms with Gasteiger partial charge in [-0.15, -0.1) is 0 Å². The van der Waals surface area contributed by atoms with Crippen molar-refractivity contribution < 1.29 is 14.3 Å². The Labute approximate surface area is 157 Å². The molecule has 0 aliphatic rings. The van der Waals surface area contributed by atoms with Crippen molar-refractivity contribution >= 4 is 44.0 Å². The molecule has 126 valence electrons. The summed E-state index contributed by atoms with van der Waals surface area (Å²) >= 11 is 6.74. The maximum Gasteiger partial charge on any atom is 0.275 e. The Bertz CT molecular complexity index is 763. The van der Waals surface area contributed by atoms with Gasteiger partial charge in [-0.3, -0.25) is 4.79 Å². The van der Waals surface area contributed by atoms with E-state index in [0.29, 0.717) is 23.7 Å². The van der Waals surface area contributed by atoms with E-state index in [2.05, 4.69) is 42.4 Å². The number of carbonyl (C=O) groups is 1. The molecule has 0 saturated heterocycles. The van der Waals surface area contributed by atoms with Crippen LogP contribution >= 0.6 is 31.9 Å². The lowest BCUT2D eigenvalue weighted by Crippen LogP contribution is -2.18. The lowest BCUT2D eigenvalue weighted by Gasteiger charge is -2.08. The number of hydrogen-bond donors (Lipinski definition) is 1. The van der Waals surface area contributed by atoms with Crippen LogP contribution in [0.25, 0.3) is 0 Å². The van der Waals surface area contributed by atoms with Crippen LogP contribution in [0.3, 0.4) is 0 Å². The first kappa shape index (κ1) is 18.5. The van der Waals surface area contributed by atoms with Crippen LogP contribution in [-0.4, -0.2) is 25.8 Å². The van der Waals surface area contributed by atoms with Crippen LogP contribution in [-0.2, 0) is 0 Å². The monoisotopic (exact) mass is 454 g/mol. The van der Waals surface area contributed by atoms with Crippen LogP contribution in [0.2, 0.25) is 0 Å². The van der Waals surface area contributed by atoms with Gasteiger partial charge in [0.1, 0.15) is 11.5 Å². The fraction of sp³-hybridized carbons (Fsp3) is 0.176. The second-order valence-electron chi connectivity index (χ2n) is 4.66. The molecule has 0 aliphatic carbocycles. The highest BCUT2D eigenvalue weighted by Gasteiger charge is 2.12. The average Bonchev–Trinajstić information content (AvgIpc) is 2.57. The number of nitrogens with zero attached hydrogens (tertiary/aromatic N) is 1. The Balaban J connectivity index is 2.16. The zero-order chi connectivity index (χ0) is 17.5. The standard InChI is InChI=1S/C17H16Br2N2O3/c1-3-24-15-6-4-12(18)8-11(15)10-20-21-17(22)14-9-13(19)5-7-16(14)23-2/h4-10H,3H2,1-2H3,(H,21,22)/b20-10+. The molecule has 0 bridgehead atoms. The second kappa shape index (κ2) is 8.84. The fourth-order valence-corrected chi connectivity index (χ4v) is 2.73. The molecule has 7 heteroatoms. The second-order valence-corrected chi connectivity index (χ2v) is 6.49. The van der Waals surface area contributed by atoms with E-state index in [-0.39, 0.29) is 5.91 Å². The first-order chi connectivity index (χ1) is 11.5. The molecule has 0 saturated carbocycles. The molecule has 0 aromatic heterocycles. The summed E-state index contributed by atoms with van der Waals surface area (Å²) in [6.07, 6.45) is 1.54. The highest BCUT2D eigenvalue weighted by molar-refractivity contribution is 9.10. The van der Waals surface area contributed by atoms with Crippen LogP contribution in [0, 0.1) is 0 Å². The van der Waals surface area contributed by atoms with Crippen molar-refractivity contribution in [3.8, 4) is 11.5 Å². The maximum atomic E-state index is 12.3. The molecular weight excluding hydrogens is 440 g/mol. The molecule has 2 rings (SSSR count). The van der Waals surface area contributed by atoms with Gasteiger partial charge in [0, 0.05) is 14.5 Å². The van der Waals surface area contributed by atoms with Gasteiger partial charge in [0.25, 0.3) is 5.91 Å². The first-order valence-electron chi connectivity index (χ1n) is 7.14. The van der Waals surface area contributed by atoms with Gasteiger partial charge >= 0.3 is 0 Å². The summed E-state index contributed by atoms with van der Waals surface area (Å²) in [7, 11) is 1.51. The number of hydrogen-bond acceptors (Lipinski definition) is 4. The molecule has 1 N–H and O–H groups in total. The first-order valence-corrected chi connectivity index (χ1v) is 8.73. The average molecular weight is 456 g/mol. The zero-order valence-electron chi connectivity index (χ0n) is 13.2. The van der Waals surface area contributed by atoms with Gasteiger partial charge in [-0.05, 0) is 43.3 Å². The van der Waals surface area contributed by atoms with E-state index in [9.17, 15) is 4.79 Å². The zero-order valence-corrected chi connectivity index (χ0v) is 16.3. The normalized spacial score (nSPS) is 10.7. The SMILES string of the molecule is CCOc1ccc(Br)cc1/C=N/NC(=O)c1cc(Br)ccc1OC. The molecule has 0 unspecified atom stereocenters. The molecule has 2 aromatic rings. The predicted molar refractivity (Wildman–Crippen MR) is 101 cm³/mol. The van der Waals surface area contributed by atoms with E-state index in [4.69, 9.17) is 9.47 Å². The van der Waals surface area contributed by atoms with E-state index in [1.54, 1.807) is 18.2 Å². The topological polar surface area (TPSA) is 59.9 Å². The van der Waals surface area contributed by atoms with E-state index in [1.165, 1.54) is 13.3 Å². The van der Waals surface area contributed by atoms with Crippen molar-refractivity contribution in [3.05, 3.63) is 56.5 Å². The van der Waals surface area contributed by atoms with E-state index < -0.39 is 0 Å². The third kappa shape index (κ3) is 4.82. The third-order valence-electron chi connectivity index (χ3n) is 3.05.